The summed E-state index contributed by atoms with van der Waals surface area (Å²) >= 11 is 0. The fourth-order valence-electron chi connectivity index (χ4n) is 1.67. The molecule has 0 amide bonds. The van der Waals surface area contributed by atoms with Crippen LogP contribution in [0.3, 0.4) is 0 Å². The summed E-state index contributed by atoms with van der Waals surface area (Å²) in [6.45, 7) is 7.51. The molecule has 1 aromatic heterocycles. The largest absolute Gasteiger partial charge is 0.314 e. The van der Waals surface area contributed by atoms with Crippen LogP contribution in [0.25, 0.3) is 0 Å². The lowest BCUT2D eigenvalue weighted by Crippen LogP contribution is -2.28. The number of hydrogen-bond acceptors (Lipinski definition) is 2. The second-order valence-corrected chi connectivity index (χ2v) is 3.77. The summed E-state index contributed by atoms with van der Waals surface area (Å²) in [7, 11) is 2.02. The molecule has 0 aliphatic carbocycles. The molecule has 0 bridgehead atoms. The van der Waals surface area contributed by atoms with E-state index in [1.54, 1.807) is 0 Å². The molecule has 0 saturated carbocycles. The molecule has 3 heteroatoms. The molecule has 1 unspecified atom stereocenters. The molecule has 0 aromatic carbocycles. The summed E-state index contributed by atoms with van der Waals surface area (Å²) in [5, 5.41) is 7.84. The summed E-state index contributed by atoms with van der Waals surface area (Å²) in [5.41, 5.74) is 2.50. The van der Waals surface area contributed by atoms with E-state index in [2.05, 4.69) is 37.3 Å². The number of aryl methyl sites for hydroxylation is 2. The highest BCUT2D eigenvalue weighted by Gasteiger charge is 2.07. The van der Waals surface area contributed by atoms with E-state index in [0.717, 1.165) is 19.4 Å². The van der Waals surface area contributed by atoms with Crippen LogP contribution < -0.4 is 5.32 Å². The molecule has 0 aliphatic heterocycles. The van der Waals surface area contributed by atoms with Gasteiger partial charge in [-0.1, -0.05) is 13.8 Å². The Kier molecular flexibility index (Phi) is 4.14. The van der Waals surface area contributed by atoms with Gasteiger partial charge in [-0.25, -0.2) is 0 Å². The normalized spacial score (nSPS) is 13.1. The molecule has 0 radical (unpaired) electrons. The van der Waals surface area contributed by atoms with E-state index < -0.39 is 0 Å². The maximum absolute atomic E-state index is 4.43. The van der Waals surface area contributed by atoms with Gasteiger partial charge in [0.2, 0.25) is 0 Å². The van der Waals surface area contributed by atoms with Crippen molar-refractivity contribution in [3.05, 3.63) is 17.5 Å². The van der Waals surface area contributed by atoms with Gasteiger partial charge in [-0.15, -0.1) is 0 Å². The van der Waals surface area contributed by atoms with Gasteiger partial charge in [0, 0.05) is 25.2 Å². The van der Waals surface area contributed by atoms with Crippen molar-refractivity contribution in [2.45, 2.75) is 39.7 Å². The Bertz CT molecular complexity index is 278. The molecule has 1 atom stereocenters. The predicted molar refractivity (Wildman–Crippen MR) is 59.4 cm³/mol. The van der Waals surface area contributed by atoms with E-state index in [1.807, 2.05) is 11.7 Å². The highest BCUT2D eigenvalue weighted by molar-refractivity contribution is 5.11. The van der Waals surface area contributed by atoms with E-state index in [4.69, 9.17) is 0 Å². The molecule has 0 fully saturated rings. The fourth-order valence-corrected chi connectivity index (χ4v) is 1.67. The topological polar surface area (TPSA) is 29.9 Å². The molecule has 0 saturated heterocycles. The van der Waals surface area contributed by atoms with Gasteiger partial charge in [-0.3, -0.25) is 4.68 Å². The van der Waals surface area contributed by atoms with Crippen LogP contribution in [0.15, 0.2) is 6.07 Å². The third-order valence-corrected chi connectivity index (χ3v) is 2.46. The van der Waals surface area contributed by atoms with E-state index in [9.17, 15) is 0 Å². The van der Waals surface area contributed by atoms with Crippen molar-refractivity contribution in [1.82, 2.24) is 15.1 Å². The van der Waals surface area contributed by atoms with Crippen molar-refractivity contribution >= 4 is 0 Å². The lowest BCUT2D eigenvalue weighted by atomic mass is 10.1. The Labute approximate surface area is 86.5 Å². The number of hydrogen-bond donors (Lipinski definition) is 1. The van der Waals surface area contributed by atoms with E-state index in [-0.39, 0.29) is 0 Å². The zero-order valence-electron chi connectivity index (χ0n) is 9.67. The molecule has 0 spiro atoms. The molecule has 1 N–H and O–H groups in total. The van der Waals surface area contributed by atoms with Crippen molar-refractivity contribution in [2.24, 2.45) is 7.05 Å². The molecule has 1 rings (SSSR count). The summed E-state index contributed by atoms with van der Waals surface area (Å²) in [5.74, 6) is 0. The van der Waals surface area contributed by atoms with Crippen LogP contribution in [0, 0.1) is 0 Å². The third-order valence-electron chi connectivity index (χ3n) is 2.46. The van der Waals surface area contributed by atoms with Gasteiger partial charge in [-0.2, -0.15) is 5.10 Å². The molecule has 80 valence electrons. The lowest BCUT2D eigenvalue weighted by Gasteiger charge is -2.11. The highest BCUT2D eigenvalue weighted by Crippen LogP contribution is 2.06. The summed E-state index contributed by atoms with van der Waals surface area (Å²) in [6, 6.07) is 2.73. The first kappa shape index (κ1) is 11.2. The molecule has 3 nitrogen and oxygen atoms in total. The Morgan fingerprint density at radius 2 is 2.21 bits per heavy atom. The summed E-state index contributed by atoms with van der Waals surface area (Å²) < 4.78 is 1.99. The standard InChI is InChI=1S/C11H21N3/c1-5-10-8-11(14(4)13-10)7-9(3)12-6-2/h8-9,12H,5-7H2,1-4H3. The maximum Gasteiger partial charge on any atom is 0.0624 e. The van der Waals surface area contributed by atoms with Crippen LogP contribution in [0.4, 0.5) is 0 Å². The van der Waals surface area contributed by atoms with Gasteiger partial charge in [-0.05, 0) is 26.0 Å². The van der Waals surface area contributed by atoms with Crippen molar-refractivity contribution in [1.29, 1.82) is 0 Å². The maximum atomic E-state index is 4.43. The minimum absolute atomic E-state index is 0.528. The van der Waals surface area contributed by atoms with Crippen LogP contribution in [-0.2, 0) is 19.9 Å². The van der Waals surface area contributed by atoms with Crippen LogP contribution >= 0.6 is 0 Å². The van der Waals surface area contributed by atoms with Crippen molar-refractivity contribution in [2.75, 3.05) is 6.54 Å². The number of nitrogens with zero attached hydrogens (tertiary/aromatic N) is 2. The van der Waals surface area contributed by atoms with Crippen LogP contribution in [0.1, 0.15) is 32.2 Å². The fraction of sp³-hybridized carbons (Fsp3) is 0.727. The average Bonchev–Trinajstić information content (AvgIpc) is 2.48. The molecular weight excluding hydrogens is 174 g/mol. The van der Waals surface area contributed by atoms with Crippen molar-refractivity contribution in [3.63, 3.8) is 0 Å². The minimum Gasteiger partial charge on any atom is -0.314 e. The van der Waals surface area contributed by atoms with Gasteiger partial charge in [0.05, 0.1) is 5.69 Å². The highest BCUT2D eigenvalue weighted by atomic mass is 15.3. The van der Waals surface area contributed by atoms with Crippen molar-refractivity contribution < 1.29 is 0 Å². The van der Waals surface area contributed by atoms with E-state index in [1.165, 1.54) is 11.4 Å². The van der Waals surface area contributed by atoms with E-state index in [0.29, 0.717) is 6.04 Å². The summed E-state index contributed by atoms with van der Waals surface area (Å²) in [6.07, 6.45) is 2.07. The Morgan fingerprint density at radius 3 is 2.71 bits per heavy atom. The van der Waals surface area contributed by atoms with Gasteiger partial charge >= 0.3 is 0 Å². The van der Waals surface area contributed by atoms with Crippen LogP contribution in [0.5, 0.6) is 0 Å². The van der Waals surface area contributed by atoms with E-state index >= 15 is 0 Å². The Balaban J connectivity index is 2.61. The van der Waals surface area contributed by atoms with Gasteiger partial charge in [0.25, 0.3) is 0 Å². The second kappa shape index (κ2) is 5.15. The zero-order valence-corrected chi connectivity index (χ0v) is 9.67. The predicted octanol–water partition coefficient (Wildman–Crippen LogP) is 1.52. The first-order valence-electron chi connectivity index (χ1n) is 5.42. The van der Waals surface area contributed by atoms with Crippen molar-refractivity contribution in [3.8, 4) is 0 Å². The number of rotatable bonds is 5. The first-order valence-corrected chi connectivity index (χ1v) is 5.42. The molecule has 1 aromatic rings. The van der Waals surface area contributed by atoms with Crippen LogP contribution in [-0.4, -0.2) is 22.4 Å². The van der Waals surface area contributed by atoms with Gasteiger partial charge < -0.3 is 5.32 Å². The van der Waals surface area contributed by atoms with Crippen LogP contribution in [0.2, 0.25) is 0 Å². The molecule has 14 heavy (non-hydrogen) atoms. The Morgan fingerprint density at radius 1 is 1.50 bits per heavy atom. The average molecular weight is 195 g/mol. The van der Waals surface area contributed by atoms with Gasteiger partial charge in [0.1, 0.15) is 0 Å². The first-order chi connectivity index (χ1) is 6.67. The van der Waals surface area contributed by atoms with Gasteiger partial charge in [0.15, 0.2) is 0 Å². The molecular formula is C11H21N3. The summed E-state index contributed by atoms with van der Waals surface area (Å²) in [4.78, 5) is 0. The third kappa shape index (κ3) is 2.84. The second-order valence-electron chi connectivity index (χ2n) is 3.77. The molecule has 1 heterocycles. The number of likely N-dealkylation sites (N-methyl/N-ethyl adjacent to an activating group) is 1. The SMILES string of the molecule is CCNC(C)Cc1cc(CC)nn1C. The number of nitrogens with one attached hydrogen (secondary N) is 1. The minimum atomic E-state index is 0.528. The smallest absolute Gasteiger partial charge is 0.0624 e. The monoisotopic (exact) mass is 195 g/mol. The molecule has 0 aliphatic rings. The quantitative estimate of drug-likeness (QED) is 0.772. The lowest BCUT2D eigenvalue weighted by molar-refractivity contribution is 0.542. The Hall–Kier alpha value is -0.830. The number of aromatic nitrogens is 2. The zero-order chi connectivity index (χ0) is 10.6.